The Balaban J connectivity index is 1.80. The van der Waals surface area contributed by atoms with Gasteiger partial charge in [0.2, 0.25) is 0 Å². The van der Waals surface area contributed by atoms with Crippen LogP contribution in [0.4, 0.5) is 0 Å². The van der Waals surface area contributed by atoms with Crippen LogP contribution in [0.1, 0.15) is 17.7 Å². The first kappa shape index (κ1) is 11.3. The Morgan fingerprint density at radius 2 is 2.31 bits per heavy atom. The number of hydrogen-bond acceptors (Lipinski definition) is 3. The van der Waals surface area contributed by atoms with Gasteiger partial charge in [0.1, 0.15) is 0 Å². The van der Waals surface area contributed by atoms with E-state index in [4.69, 9.17) is 5.11 Å². The van der Waals surface area contributed by atoms with E-state index < -0.39 is 0 Å². The maximum absolute atomic E-state index is 9.01. The van der Waals surface area contributed by atoms with Crippen LogP contribution in [0.25, 0.3) is 0 Å². The summed E-state index contributed by atoms with van der Waals surface area (Å²) < 4.78 is 0. The molecule has 2 atom stereocenters. The van der Waals surface area contributed by atoms with Crippen LogP contribution in [0.2, 0.25) is 0 Å². The van der Waals surface area contributed by atoms with E-state index in [2.05, 4.69) is 28.5 Å². The van der Waals surface area contributed by atoms with Crippen LogP contribution in [-0.2, 0) is 6.54 Å². The summed E-state index contributed by atoms with van der Waals surface area (Å²) in [6.45, 7) is 3.07. The standard InChI is InChI=1S/C13H18N2O/c1-10-2-4-13(14-7-10)8-15-12-5-3-11(6-12)9-16/h2-5,7,11-12,15-16H,6,8-9H2,1H3/t11-,12+/m0/s1. The number of aryl methyl sites for hydroxylation is 1. The van der Waals surface area contributed by atoms with Crippen molar-refractivity contribution in [3.05, 3.63) is 41.7 Å². The number of pyridine rings is 1. The van der Waals surface area contributed by atoms with Crippen molar-refractivity contribution < 1.29 is 5.11 Å². The highest BCUT2D eigenvalue weighted by atomic mass is 16.3. The molecule has 2 rings (SSSR count). The number of nitrogens with one attached hydrogen (secondary N) is 1. The van der Waals surface area contributed by atoms with Crippen molar-refractivity contribution in [3.8, 4) is 0 Å². The SMILES string of the molecule is Cc1ccc(CN[C@@H]2C=C[C@H](CO)C2)nc1. The zero-order valence-corrected chi connectivity index (χ0v) is 9.56. The molecule has 1 aliphatic rings. The van der Waals surface area contributed by atoms with Crippen molar-refractivity contribution in [1.29, 1.82) is 0 Å². The van der Waals surface area contributed by atoms with Crippen LogP contribution >= 0.6 is 0 Å². The normalized spacial score (nSPS) is 23.9. The molecule has 0 fully saturated rings. The van der Waals surface area contributed by atoms with E-state index in [1.807, 2.05) is 19.2 Å². The summed E-state index contributed by atoms with van der Waals surface area (Å²) in [6, 6.07) is 4.50. The topological polar surface area (TPSA) is 45.1 Å². The Hall–Kier alpha value is -1.19. The van der Waals surface area contributed by atoms with Gasteiger partial charge in [-0.1, -0.05) is 18.2 Å². The Morgan fingerprint density at radius 1 is 1.44 bits per heavy atom. The van der Waals surface area contributed by atoms with Crippen LogP contribution in [0, 0.1) is 12.8 Å². The Morgan fingerprint density at radius 3 is 2.94 bits per heavy atom. The molecule has 16 heavy (non-hydrogen) atoms. The summed E-state index contributed by atoms with van der Waals surface area (Å²) >= 11 is 0. The van der Waals surface area contributed by atoms with Crippen molar-refractivity contribution >= 4 is 0 Å². The zero-order valence-electron chi connectivity index (χ0n) is 9.56. The molecule has 0 aliphatic heterocycles. The fourth-order valence-electron chi connectivity index (χ4n) is 1.90. The molecule has 2 N–H and O–H groups in total. The smallest absolute Gasteiger partial charge is 0.0542 e. The van der Waals surface area contributed by atoms with Crippen LogP contribution in [0.15, 0.2) is 30.5 Å². The molecule has 0 saturated heterocycles. The first-order valence-corrected chi connectivity index (χ1v) is 5.72. The lowest BCUT2D eigenvalue weighted by Gasteiger charge is -2.12. The molecule has 1 aromatic rings. The molecule has 0 aromatic carbocycles. The van der Waals surface area contributed by atoms with E-state index in [0.29, 0.717) is 12.0 Å². The number of rotatable bonds is 4. The molecule has 0 unspecified atom stereocenters. The number of aromatic nitrogens is 1. The van der Waals surface area contributed by atoms with Gasteiger partial charge in [0.05, 0.1) is 5.69 Å². The Labute approximate surface area is 96.2 Å². The summed E-state index contributed by atoms with van der Waals surface area (Å²) in [7, 11) is 0. The lowest BCUT2D eigenvalue weighted by atomic mass is 10.1. The average molecular weight is 218 g/mol. The molecule has 3 heteroatoms. The van der Waals surface area contributed by atoms with E-state index in [-0.39, 0.29) is 6.61 Å². The minimum absolute atomic E-state index is 0.247. The van der Waals surface area contributed by atoms with Gasteiger partial charge in [0, 0.05) is 31.3 Å². The second-order valence-corrected chi connectivity index (χ2v) is 4.38. The van der Waals surface area contributed by atoms with Crippen molar-refractivity contribution in [2.75, 3.05) is 6.61 Å². The minimum atomic E-state index is 0.247. The van der Waals surface area contributed by atoms with E-state index in [9.17, 15) is 0 Å². The van der Waals surface area contributed by atoms with Gasteiger partial charge in [-0.05, 0) is 25.0 Å². The first-order valence-electron chi connectivity index (χ1n) is 5.72. The summed E-state index contributed by atoms with van der Waals surface area (Å²) in [5.74, 6) is 0.323. The van der Waals surface area contributed by atoms with Gasteiger partial charge in [-0.2, -0.15) is 0 Å². The molecule has 0 amide bonds. The van der Waals surface area contributed by atoms with Gasteiger partial charge in [0.15, 0.2) is 0 Å². The number of nitrogens with zero attached hydrogens (tertiary/aromatic N) is 1. The monoisotopic (exact) mass is 218 g/mol. The molecule has 0 spiro atoms. The van der Waals surface area contributed by atoms with Gasteiger partial charge >= 0.3 is 0 Å². The summed E-state index contributed by atoms with van der Waals surface area (Å²) in [4.78, 5) is 4.34. The lowest BCUT2D eigenvalue weighted by Crippen LogP contribution is -2.26. The van der Waals surface area contributed by atoms with E-state index in [1.54, 1.807) is 0 Å². The van der Waals surface area contributed by atoms with Crippen LogP contribution in [0.5, 0.6) is 0 Å². The predicted octanol–water partition coefficient (Wildman–Crippen LogP) is 1.42. The van der Waals surface area contributed by atoms with Crippen molar-refractivity contribution in [2.45, 2.75) is 25.9 Å². The summed E-state index contributed by atoms with van der Waals surface area (Å²) in [6.07, 6.45) is 7.09. The first-order chi connectivity index (χ1) is 7.78. The molecule has 0 bridgehead atoms. The highest BCUT2D eigenvalue weighted by molar-refractivity contribution is 5.13. The molecule has 0 saturated carbocycles. The molecule has 1 aromatic heterocycles. The lowest BCUT2D eigenvalue weighted by molar-refractivity contribution is 0.246. The third kappa shape index (κ3) is 2.90. The predicted molar refractivity (Wildman–Crippen MR) is 63.9 cm³/mol. The molecule has 3 nitrogen and oxygen atoms in total. The molecule has 86 valence electrons. The third-order valence-corrected chi connectivity index (χ3v) is 2.92. The van der Waals surface area contributed by atoms with Crippen LogP contribution < -0.4 is 5.32 Å². The largest absolute Gasteiger partial charge is 0.396 e. The highest BCUT2D eigenvalue weighted by Crippen LogP contribution is 2.17. The number of aliphatic hydroxyl groups excluding tert-OH is 1. The molecular formula is C13H18N2O. The third-order valence-electron chi connectivity index (χ3n) is 2.92. The second-order valence-electron chi connectivity index (χ2n) is 4.38. The quantitative estimate of drug-likeness (QED) is 0.751. The fourth-order valence-corrected chi connectivity index (χ4v) is 1.90. The van der Waals surface area contributed by atoms with Gasteiger partial charge in [-0.25, -0.2) is 0 Å². The minimum Gasteiger partial charge on any atom is -0.396 e. The summed E-state index contributed by atoms with van der Waals surface area (Å²) in [5.41, 5.74) is 2.25. The number of hydrogen-bond donors (Lipinski definition) is 2. The maximum Gasteiger partial charge on any atom is 0.0542 e. The molecule has 1 aliphatic carbocycles. The van der Waals surface area contributed by atoms with Gasteiger partial charge in [-0.3, -0.25) is 4.98 Å². The van der Waals surface area contributed by atoms with Gasteiger partial charge < -0.3 is 10.4 Å². The Bertz CT molecular complexity index is 359. The van der Waals surface area contributed by atoms with Gasteiger partial charge in [-0.15, -0.1) is 0 Å². The molecule has 1 heterocycles. The van der Waals surface area contributed by atoms with E-state index in [0.717, 1.165) is 18.7 Å². The highest BCUT2D eigenvalue weighted by Gasteiger charge is 2.17. The van der Waals surface area contributed by atoms with Crippen molar-refractivity contribution in [1.82, 2.24) is 10.3 Å². The fraction of sp³-hybridized carbons (Fsp3) is 0.462. The van der Waals surface area contributed by atoms with Gasteiger partial charge in [0.25, 0.3) is 0 Å². The van der Waals surface area contributed by atoms with Crippen LogP contribution in [-0.4, -0.2) is 22.7 Å². The maximum atomic E-state index is 9.01. The van der Waals surface area contributed by atoms with E-state index >= 15 is 0 Å². The average Bonchev–Trinajstić information content (AvgIpc) is 2.76. The second kappa shape index (κ2) is 5.23. The zero-order chi connectivity index (χ0) is 11.4. The Kier molecular flexibility index (Phi) is 3.70. The van der Waals surface area contributed by atoms with Crippen molar-refractivity contribution in [2.24, 2.45) is 5.92 Å². The van der Waals surface area contributed by atoms with E-state index in [1.165, 1.54) is 5.56 Å². The molecule has 0 radical (unpaired) electrons. The summed E-state index contributed by atoms with van der Waals surface area (Å²) in [5, 5.41) is 12.4. The van der Waals surface area contributed by atoms with Crippen LogP contribution in [0.3, 0.4) is 0 Å². The number of aliphatic hydroxyl groups is 1. The molecular weight excluding hydrogens is 200 g/mol. The van der Waals surface area contributed by atoms with Crippen molar-refractivity contribution in [3.63, 3.8) is 0 Å².